The Labute approximate surface area is 118 Å². The Morgan fingerprint density at radius 3 is 3.06 bits per heavy atom. The molecular formula is C15H18ClNS. The van der Waals surface area contributed by atoms with Crippen molar-refractivity contribution in [2.45, 2.75) is 24.6 Å². The van der Waals surface area contributed by atoms with Gasteiger partial charge in [-0.05, 0) is 30.5 Å². The number of hydrogen-bond acceptors (Lipinski definition) is 2. The van der Waals surface area contributed by atoms with Crippen molar-refractivity contribution in [2.75, 3.05) is 18.8 Å². The van der Waals surface area contributed by atoms with Crippen LogP contribution in [0.3, 0.4) is 0 Å². The Kier molecular flexibility index (Phi) is 3.69. The highest BCUT2D eigenvalue weighted by atomic mass is 35.5. The molecule has 0 N–H and O–H groups in total. The zero-order valence-electron chi connectivity index (χ0n) is 10.6. The lowest BCUT2D eigenvalue weighted by Gasteiger charge is -2.36. The Hall–Kier alpha value is -0.440. The van der Waals surface area contributed by atoms with Crippen molar-refractivity contribution in [1.82, 2.24) is 4.90 Å². The first-order valence-electron chi connectivity index (χ1n) is 6.54. The summed E-state index contributed by atoms with van der Waals surface area (Å²) < 4.78 is 0. The van der Waals surface area contributed by atoms with Gasteiger partial charge in [0.15, 0.2) is 0 Å². The molecular weight excluding hydrogens is 262 g/mol. The number of hydrogen-bond donors (Lipinski definition) is 0. The average Bonchev–Trinajstić information content (AvgIpc) is 2.85. The van der Waals surface area contributed by atoms with Crippen molar-refractivity contribution in [3.05, 3.63) is 46.5 Å². The summed E-state index contributed by atoms with van der Waals surface area (Å²) in [6, 6.07) is 8.63. The van der Waals surface area contributed by atoms with Gasteiger partial charge in [-0.15, -0.1) is 11.8 Å². The number of halogens is 1. The maximum Gasteiger partial charge on any atom is 0.0453 e. The standard InChI is InChI=1S/C15H18ClNS/c1-11(13-4-2-3-5-14(13)16)17-8-6-15-12(10-17)7-9-18-15/h2-5,7,11,15H,6,8-10H2,1H3. The smallest absolute Gasteiger partial charge is 0.0453 e. The van der Waals surface area contributed by atoms with Gasteiger partial charge >= 0.3 is 0 Å². The summed E-state index contributed by atoms with van der Waals surface area (Å²) in [6.07, 6.45) is 3.70. The highest BCUT2D eigenvalue weighted by molar-refractivity contribution is 8.00. The van der Waals surface area contributed by atoms with Crippen molar-refractivity contribution < 1.29 is 0 Å². The van der Waals surface area contributed by atoms with E-state index in [0.29, 0.717) is 6.04 Å². The van der Waals surface area contributed by atoms with Gasteiger partial charge in [-0.1, -0.05) is 35.9 Å². The fraction of sp³-hybridized carbons (Fsp3) is 0.467. The van der Waals surface area contributed by atoms with Crippen molar-refractivity contribution in [2.24, 2.45) is 0 Å². The Bertz CT molecular complexity index is 471. The first-order chi connectivity index (χ1) is 8.75. The molecule has 1 fully saturated rings. The molecule has 3 heteroatoms. The minimum Gasteiger partial charge on any atom is -0.293 e. The maximum atomic E-state index is 6.30. The van der Waals surface area contributed by atoms with Crippen molar-refractivity contribution in [3.63, 3.8) is 0 Å². The van der Waals surface area contributed by atoms with Gasteiger partial charge in [-0.25, -0.2) is 0 Å². The molecule has 3 rings (SSSR count). The van der Waals surface area contributed by atoms with Gasteiger partial charge < -0.3 is 0 Å². The number of fused-ring (bicyclic) bond motifs is 1. The second-order valence-electron chi connectivity index (χ2n) is 5.06. The Morgan fingerprint density at radius 2 is 2.22 bits per heavy atom. The van der Waals surface area contributed by atoms with Gasteiger partial charge in [0, 0.05) is 35.2 Å². The molecule has 1 aromatic carbocycles. The molecule has 2 aliphatic heterocycles. The summed E-state index contributed by atoms with van der Waals surface area (Å²) >= 11 is 8.40. The highest BCUT2D eigenvalue weighted by Gasteiger charge is 2.29. The zero-order chi connectivity index (χ0) is 12.5. The van der Waals surface area contributed by atoms with Gasteiger partial charge in [0.2, 0.25) is 0 Å². The summed E-state index contributed by atoms with van der Waals surface area (Å²) in [5.74, 6) is 1.20. The summed E-state index contributed by atoms with van der Waals surface area (Å²) in [5, 5.41) is 1.68. The van der Waals surface area contributed by atoms with Crippen molar-refractivity contribution in [1.29, 1.82) is 0 Å². The van der Waals surface area contributed by atoms with Crippen LogP contribution in [0.25, 0.3) is 0 Å². The second-order valence-corrected chi connectivity index (χ2v) is 6.70. The van der Waals surface area contributed by atoms with Crippen LogP contribution in [0.15, 0.2) is 35.9 Å². The van der Waals surface area contributed by atoms with Gasteiger partial charge in [0.05, 0.1) is 0 Å². The SMILES string of the molecule is CC(c1ccccc1Cl)N1CCC2SCC=C2C1. The molecule has 2 unspecified atom stereocenters. The molecule has 96 valence electrons. The molecule has 0 radical (unpaired) electrons. The van der Waals surface area contributed by atoms with Gasteiger partial charge in [-0.3, -0.25) is 4.90 Å². The number of benzene rings is 1. The summed E-state index contributed by atoms with van der Waals surface area (Å²) in [4.78, 5) is 2.55. The van der Waals surface area contributed by atoms with Gasteiger partial charge in [0.1, 0.15) is 0 Å². The van der Waals surface area contributed by atoms with Crippen LogP contribution >= 0.6 is 23.4 Å². The van der Waals surface area contributed by atoms with Crippen LogP contribution in [0.2, 0.25) is 5.02 Å². The van der Waals surface area contributed by atoms with E-state index in [-0.39, 0.29) is 0 Å². The van der Waals surface area contributed by atoms with Crippen molar-refractivity contribution in [3.8, 4) is 0 Å². The lowest BCUT2D eigenvalue weighted by Crippen LogP contribution is -2.37. The summed E-state index contributed by atoms with van der Waals surface area (Å²) in [6.45, 7) is 4.57. The normalized spacial score (nSPS) is 25.7. The summed E-state index contributed by atoms with van der Waals surface area (Å²) in [7, 11) is 0. The molecule has 2 heterocycles. The van der Waals surface area contributed by atoms with E-state index in [9.17, 15) is 0 Å². The van der Waals surface area contributed by atoms with E-state index in [4.69, 9.17) is 11.6 Å². The molecule has 2 atom stereocenters. The molecule has 0 bridgehead atoms. The molecule has 0 amide bonds. The number of likely N-dealkylation sites (tertiary alicyclic amines) is 1. The average molecular weight is 280 g/mol. The molecule has 0 aliphatic carbocycles. The molecule has 1 nitrogen and oxygen atoms in total. The highest BCUT2D eigenvalue weighted by Crippen LogP contribution is 2.37. The molecule has 2 aliphatic rings. The third kappa shape index (κ3) is 2.34. The fourth-order valence-corrected chi connectivity index (χ4v) is 4.38. The third-order valence-corrected chi connectivity index (χ3v) is 5.67. The van der Waals surface area contributed by atoms with E-state index in [1.165, 1.54) is 24.3 Å². The lowest BCUT2D eigenvalue weighted by atomic mass is 9.99. The lowest BCUT2D eigenvalue weighted by molar-refractivity contribution is 0.208. The van der Waals surface area contributed by atoms with Crippen LogP contribution < -0.4 is 0 Å². The number of nitrogens with zero attached hydrogens (tertiary/aromatic N) is 1. The molecule has 1 saturated heterocycles. The first kappa shape index (κ1) is 12.6. The Balaban J connectivity index is 1.77. The van der Waals surface area contributed by atoms with Crippen LogP contribution in [0.1, 0.15) is 24.9 Å². The van der Waals surface area contributed by atoms with Crippen LogP contribution in [-0.2, 0) is 0 Å². The van der Waals surface area contributed by atoms with Gasteiger partial charge in [-0.2, -0.15) is 0 Å². The maximum absolute atomic E-state index is 6.30. The number of rotatable bonds is 2. The molecule has 18 heavy (non-hydrogen) atoms. The van der Waals surface area contributed by atoms with E-state index in [1.54, 1.807) is 5.57 Å². The van der Waals surface area contributed by atoms with Crippen LogP contribution in [0.4, 0.5) is 0 Å². The molecule has 1 aromatic rings. The first-order valence-corrected chi connectivity index (χ1v) is 7.97. The number of thioether (sulfide) groups is 1. The van der Waals surface area contributed by atoms with E-state index in [1.807, 2.05) is 12.1 Å². The third-order valence-electron chi connectivity index (χ3n) is 4.02. The predicted octanol–water partition coefficient (Wildman–Crippen LogP) is 4.15. The minimum absolute atomic E-state index is 0.408. The van der Waals surface area contributed by atoms with E-state index >= 15 is 0 Å². The fourth-order valence-electron chi connectivity index (χ4n) is 2.88. The van der Waals surface area contributed by atoms with Crippen LogP contribution in [0.5, 0.6) is 0 Å². The summed E-state index contributed by atoms with van der Waals surface area (Å²) in [5.41, 5.74) is 2.88. The van der Waals surface area contributed by atoms with E-state index in [2.05, 4.69) is 41.8 Å². The Morgan fingerprint density at radius 1 is 1.39 bits per heavy atom. The van der Waals surface area contributed by atoms with Crippen LogP contribution in [-0.4, -0.2) is 29.0 Å². The minimum atomic E-state index is 0.408. The van der Waals surface area contributed by atoms with E-state index in [0.717, 1.165) is 16.8 Å². The zero-order valence-corrected chi connectivity index (χ0v) is 12.2. The monoisotopic (exact) mass is 279 g/mol. The molecule has 0 aromatic heterocycles. The number of piperidine rings is 1. The molecule has 0 saturated carbocycles. The quantitative estimate of drug-likeness (QED) is 0.748. The van der Waals surface area contributed by atoms with Crippen LogP contribution in [0, 0.1) is 0 Å². The second kappa shape index (κ2) is 5.28. The van der Waals surface area contributed by atoms with Crippen molar-refractivity contribution >= 4 is 23.4 Å². The molecule has 0 spiro atoms. The largest absolute Gasteiger partial charge is 0.293 e. The predicted molar refractivity (Wildman–Crippen MR) is 80.4 cm³/mol. The van der Waals surface area contributed by atoms with E-state index < -0.39 is 0 Å². The topological polar surface area (TPSA) is 3.24 Å². The van der Waals surface area contributed by atoms with Gasteiger partial charge in [0.25, 0.3) is 0 Å².